The fourth-order valence-electron chi connectivity index (χ4n) is 20.8. The van der Waals surface area contributed by atoms with Crippen molar-refractivity contribution in [3.05, 3.63) is 76.4 Å². The molecule has 0 aromatic heterocycles. The summed E-state index contributed by atoms with van der Waals surface area (Å²) >= 11 is 0. The second kappa shape index (κ2) is 26.6. The van der Waals surface area contributed by atoms with Gasteiger partial charge in [0.2, 0.25) is 0 Å². The van der Waals surface area contributed by atoms with Crippen molar-refractivity contribution in [2.24, 2.45) is 74.3 Å². The SMILES string of the molecule is CCCCCC(C)C1CC2C=CC1CC(O)CC1(CCCC13CCOC1(CCCC(CNC)C1)C3)CN=C(N)NCCC1C(CCC3(CCCC3)C1CO)Oc1cc(ccc1O)C1Oc3cc(OC)c4c(c3CC1O)C2Cc1cc(O)c(CC(C)C)cc1-4. The van der Waals surface area contributed by atoms with Crippen LogP contribution in [0.1, 0.15) is 215 Å². The van der Waals surface area contributed by atoms with Crippen LogP contribution in [0.15, 0.2) is 53.5 Å². The number of aliphatic imine (C=N–C) groups is 1. The second-order valence-electron chi connectivity index (χ2n) is 30.6. The highest BCUT2D eigenvalue weighted by Gasteiger charge is 2.60. The number of nitrogens with zero attached hydrogens (tertiary/aromatic N) is 1. The van der Waals surface area contributed by atoms with Gasteiger partial charge in [-0.15, -0.1) is 0 Å². The number of rotatable bonds is 11. The number of phenolic OH excluding ortho intramolecular Hbond substituents is 2. The van der Waals surface area contributed by atoms with Crippen molar-refractivity contribution in [2.75, 3.05) is 47.0 Å². The molecule has 5 fully saturated rings. The molecule has 6 heterocycles. The van der Waals surface area contributed by atoms with Crippen molar-refractivity contribution in [3.63, 3.8) is 0 Å². The van der Waals surface area contributed by atoms with Gasteiger partial charge in [0.05, 0.1) is 24.9 Å². The molecule has 9 N–H and O–H groups in total. The van der Waals surface area contributed by atoms with Gasteiger partial charge >= 0.3 is 0 Å². The van der Waals surface area contributed by atoms with Crippen molar-refractivity contribution in [1.29, 1.82) is 0 Å². The number of benzene rings is 3. The van der Waals surface area contributed by atoms with Crippen molar-refractivity contribution in [3.8, 4) is 39.9 Å². The highest BCUT2D eigenvalue weighted by atomic mass is 16.5. The van der Waals surface area contributed by atoms with Crippen LogP contribution in [0.4, 0.5) is 0 Å². The van der Waals surface area contributed by atoms with Crippen LogP contribution >= 0.6 is 0 Å². The number of ether oxygens (including phenoxy) is 4. The van der Waals surface area contributed by atoms with E-state index < -0.39 is 18.3 Å². The van der Waals surface area contributed by atoms with E-state index in [1.54, 1.807) is 13.2 Å². The number of guanidine groups is 1. The smallest absolute Gasteiger partial charge is 0.188 e. The average Bonchev–Trinajstić information content (AvgIpc) is 1.09. The van der Waals surface area contributed by atoms with Crippen LogP contribution in [0.2, 0.25) is 0 Å². The van der Waals surface area contributed by atoms with Gasteiger partial charge in [0, 0.05) is 55.8 Å². The average molecular weight is 1210 g/mol. The molecular weight excluding hydrogens is 1100 g/mol. The monoisotopic (exact) mass is 1210 g/mol. The first kappa shape index (κ1) is 63.6. The van der Waals surface area contributed by atoms with Crippen LogP contribution in [0.25, 0.3) is 11.1 Å². The van der Waals surface area contributed by atoms with E-state index in [9.17, 15) is 25.5 Å². The van der Waals surface area contributed by atoms with Crippen molar-refractivity contribution < 1.29 is 44.5 Å². The summed E-state index contributed by atoms with van der Waals surface area (Å²) in [5, 5.41) is 67.9. The van der Waals surface area contributed by atoms with Gasteiger partial charge in [0.1, 0.15) is 29.5 Å². The first-order chi connectivity index (χ1) is 42.5. The number of aliphatic hydroxyl groups excluding tert-OH is 3. The maximum absolute atomic E-state index is 13.2. The highest BCUT2D eigenvalue weighted by Crippen LogP contribution is 2.66. The maximum Gasteiger partial charge on any atom is 0.188 e. The van der Waals surface area contributed by atoms with E-state index in [0.717, 1.165) is 156 Å². The van der Waals surface area contributed by atoms with Gasteiger partial charge in [-0.2, -0.15) is 0 Å². The first-order valence-corrected chi connectivity index (χ1v) is 35.3. The summed E-state index contributed by atoms with van der Waals surface area (Å²) in [7, 11) is 3.82. The number of unbranched alkanes of at least 4 members (excludes halogenated alkanes) is 2. The van der Waals surface area contributed by atoms with Crippen LogP contribution < -0.4 is 30.6 Å². The summed E-state index contributed by atoms with van der Waals surface area (Å²) in [5.74, 6) is 4.43. The molecule has 13 heteroatoms. The molecule has 4 saturated carbocycles. The fourth-order valence-corrected chi connectivity index (χ4v) is 20.8. The Bertz CT molecular complexity index is 2970. The number of fused-ring (bicyclic) bond motifs is 2. The molecular formula is C75H110N4O9. The van der Waals surface area contributed by atoms with Gasteiger partial charge < -0.3 is 60.8 Å². The largest absolute Gasteiger partial charge is 0.508 e. The molecule has 484 valence electrons. The lowest BCUT2D eigenvalue weighted by Crippen LogP contribution is -2.55. The minimum atomic E-state index is -0.924. The van der Waals surface area contributed by atoms with E-state index in [4.69, 9.17) is 29.7 Å². The van der Waals surface area contributed by atoms with E-state index in [-0.39, 0.29) is 69.9 Å². The third kappa shape index (κ3) is 12.4. The molecule has 88 heavy (non-hydrogen) atoms. The second-order valence-corrected chi connectivity index (χ2v) is 30.6. The van der Waals surface area contributed by atoms with Gasteiger partial charge in [-0.3, -0.25) is 4.99 Å². The lowest BCUT2D eigenvalue weighted by Gasteiger charge is -2.56. The van der Waals surface area contributed by atoms with Crippen LogP contribution in [0.3, 0.4) is 0 Å². The predicted molar refractivity (Wildman–Crippen MR) is 349 cm³/mol. The summed E-state index contributed by atoms with van der Waals surface area (Å²) in [4.78, 5) is 5.40. The number of hydrogen-bond acceptors (Lipinski definition) is 13. The lowest BCUT2D eigenvalue weighted by atomic mass is 9.54. The normalized spacial score (nSPS) is 34.9. The summed E-state index contributed by atoms with van der Waals surface area (Å²) in [5.41, 5.74) is 13.6. The van der Waals surface area contributed by atoms with Gasteiger partial charge in [-0.1, -0.05) is 97.3 Å². The number of allylic oxidation sites excluding steroid dienone is 2. The molecule has 3 aromatic carbocycles. The van der Waals surface area contributed by atoms with Crippen LogP contribution in [-0.4, -0.2) is 102 Å². The van der Waals surface area contributed by atoms with Crippen LogP contribution in [0, 0.1) is 63.6 Å². The maximum atomic E-state index is 13.2. The Labute approximate surface area is 526 Å². The zero-order chi connectivity index (χ0) is 61.5. The predicted octanol–water partition coefficient (Wildman–Crippen LogP) is 13.6. The molecule has 13 nitrogen and oxygen atoms in total. The van der Waals surface area contributed by atoms with Crippen LogP contribution in [-0.2, 0) is 24.0 Å². The van der Waals surface area contributed by atoms with Crippen LogP contribution in [0.5, 0.6) is 28.7 Å². The molecule has 6 aliphatic heterocycles. The molecule has 1 saturated heterocycles. The summed E-state index contributed by atoms with van der Waals surface area (Å²) in [6.45, 7) is 12.0. The third-order valence-corrected chi connectivity index (χ3v) is 24.9. The van der Waals surface area contributed by atoms with Crippen molar-refractivity contribution in [1.82, 2.24) is 10.6 Å². The molecule has 15 unspecified atom stereocenters. The fraction of sp³-hybridized carbons (Fsp3) is 0.720. The Morgan fingerprint density at radius 3 is 2.44 bits per heavy atom. The van der Waals surface area contributed by atoms with Gasteiger partial charge in [0.15, 0.2) is 17.5 Å². The minimum Gasteiger partial charge on any atom is -0.508 e. The molecule has 15 rings (SSSR count). The number of nitrogens with one attached hydrogen (secondary N) is 2. The Morgan fingerprint density at radius 1 is 0.841 bits per heavy atom. The summed E-state index contributed by atoms with van der Waals surface area (Å²) in [6.07, 6.45) is 27.9. The zero-order valence-electron chi connectivity index (χ0n) is 54.4. The first-order valence-electron chi connectivity index (χ1n) is 35.3. The molecule has 8 bridgehead atoms. The Hall–Kier alpha value is -4.53. The van der Waals surface area contributed by atoms with E-state index in [1.807, 2.05) is 24.3 Å². The lowest BCUT2D eigenvalue weighted by molar-refractivity contribution is -0.179. The molecule has 0 amide bonds. The van der Waals surface area contributed by atoms with E-state index in [0.29, 0.717) is 103 Å². The van der Waals surface area contributed by atoms with Gasteiger partial charge in [0.25, 0.3) is 0 Å². The standard InChI is InChI=1S/C75H110N4O9/c1-7-8-9-14-47(4)56-33-50-17-16-49(56)32-54(81)41-74(25-13-24-73(74)28-30-86-75(44-73)26-12-15-48(40-75)42-77-5)45-79-71(76)78-29-21-55-60(43-80)72(22-10-11-23-72)27-20-64(55)87-66-37-51(18-19-61(66)82)70-63(84)38-59-65(88-70)39-67(85-6)69-58-35-53(31-46(2)3)62(83)36-52(58)34-57(50)68(59)69/h16-19,35-37,39,46-50,54-57,60,63-64,70,77,80-84H,7-15,20-34,38,40-45H2,1-6H3,(H3,76,78,79). The van der Waals surface area contributed by atoms with Crippen molar-refractivity contribution >= 4 is 5.96 Å². The van der Waals surface area contributed by atoms with E-state index in [2.05, 4.69) is 63.6 Å². The van der Waals surface area contributed by atoms with E-state index >= 15 is 0 Å². The molecule has 15 atom stereocenters. The van der Waals surface area contributed by atoms with Gasteiger partial charge in [-0.25, -0.2) is 0 Å². The molecule has 0 radical (unpaired) electrons. The molecule has 6 aliphatic carbocycles. The number of aromatic hydroxyl groups is 2. The Morgan fingerprint density at radius 2 is 1.66 bits per heavy atom. The quantitative estimate of drug-likeness (QED) is 0.0668. The van der Waals surface area contributed by atoms with Crippen molar-refractivity contribution in [2.45, 2.75) is 231 Å². The highest BCUT2D eigenvalue weighted by molar-refractivity contribution is 5.84. The Kier molecular flexibility index (Phi) is 19.2. The zero-order valence-corrected chi connectivity index (χ0v) is 54.4. The molecule has 3 aromatic rings. The number of phenols is 2. The summed E-state index contributed by atoms with van der Waals surface area (Å²) in [6, 6.07) is 11.6. The topological polar surface area (TPSA) is 201 Å². The number of aliphatic hydroxyl groups is 3. The van der Waals surface area contributed by atoms with E-state index in [1.165, 1.54) is 25.7 Å². The number of nitrogens with two attached hydrogens (primary N) is 1. The number of methoxy groups -OCH3 is 1. The number of hydrogen-bond donors (Lipinski definition) is 8. The van der Waals surface area contributed by atoms with Gasteiger partial charge in [-0.05, 0) is 238 Å². The molecule has 4 spiro atoms. The molecule has 12 aliphatic rings. The third-order valence-electron chi connectivity index (χ3n) is 24.9. The summed E-state index contributed by atoms with van der Waals surface area (Å²) < 4.78 is 27.8. The minimum absolute atomic E-state index is 0.00976. The Balaban J connectivity index is 0.973.